The number of aliphatic hydroxyl groups is 1. The van der Waals surface area contributed by atoms with Crippen molar-refractivity contribution in [3.05, 3.63) is 35.4 Å². The fourth-order valence-electron chi connectivity index (χ4n) is 3.35. The highest BCUT2D eigenvalue weighted by atomic mass is 19.1. The van der Waals surface area contributed by atoms with E-state index >= 15 is 0 Å². The number of nitrogens with two attached hydrogens (primary N) is 1. The molecule has 4 heteroatoms. The lowest BCUT2D eigenvalue weighted by molar-refractivity contribution is -0.0973. The Hall–Kier alpha value is -1.00. The van der Waals surface area contributed by atoms with Crippen LogP contribution in [0.3, 0.4) is 0 Å². The molecule has 2 nitrogen and oxygen atoms in total. The molecule has 0 spiro atoms. The van der Waals surface area contributed by atoms with Crippen LogP contribution in [0.2, 0.25) is 0 Å². The molecule has 0 amide bonds. The van der Waals surface area contributed by atoms with Gasteiger partial charge in [-0.25, -0.2) is 8.78 Å². The first kappa shape index (κ1) is 15.4. The van der Waals surface area contributed by atoms with E-state index in [0.717, 1.165) is 31.7 Å². The molecule has 0 bridgehead atoms. The summed E-state index contributed by atoms with van der Waals surface area (Å²) in [5.74, 6) is -0.733. The van der Waals surface area contributed by atoms with E-state index in [2.05, 4.69) is 6.92 Å². The molecule has 112 valence electrons. The Morgan fingerprint density at radius 1 is 1.25 bits per heavy atom. The van der Waals surface area contributed by atoms with Gasteiger partial charge < -0.3 is 10.8 Å². The number of rotatable bonds is 3. The third-order valence-electron chi connectivity index (χ3n) is 5.08. The molecule has 0 aliphatic heterocycles. The maximum atomic E-state index is 13.4. The highest BCUT2D eigenvalue weighted by molar-refractivity contribution is 5.27. The fraction of sp³-hybridized carbons (Fsp3) is 0.625. The zero-order valence-corrected chi connectivity index (χ0v) is 12.1. The van der Waals surface area contributed by atoms with E-state index in [0.29, 0.717) is 12.5 Å². The van der Waals surface area contributed by atoms with E-state index in [9.17, 15) is 13.9 Å². The third kappa shape index (κ3) is 2.59. The highest BCUT2D eigenvalue weighted by Crippen LogP contribution is 2.50. The lowest BCUT2D eigenvalue weighted by Gasteiger charge is -2.49. The van der Waals surface area contributed by atoms with Crippen molar-refractivity contribution in [2.24, 2.45) is 17.1 Å². The van der Waals surface area contributed by atoms with Crippen molar-refractivity contribution in [3.8, 4) is 0 Å². The van der Waals surface area contributed by atoms with Gasteiger partial charge in [0.05, 0.1) is 5.60 Å². The van der Waals surface area contributed by atoms with Crippen molar-refractivity contribution in [2.45, 2.75) is 45.1 Å². The van der Waals surface area contributed by atoms with E-state index in [1.165, 1.54) is 12.1 Å². The Morgan fingerprint density at radius 3 is 2.20 bits per heavy atom. The Kier molecular flexibility index (Phi) is 4.17. The van der Waals surface area contributed by atoms with Crippen LogP contribution in [0.5, 0.6) is 0 Å². The standard InChI is InChI=1S/C16H23F2NO/c1-11-3-5-16(10-19,6-4-11)15(2,20)12-7-13(17)9-14(18)8-12/h7-9,11,20H,3-6,10,19H2,1-2H3. The van der Waals surface area contributed by atoms with Gasteiger partial charge in [0.2, 0.25) is 0 Å². The van der Waals surface area contributed by atoms with E-state index in [1.807, 2.05) is 0 Å². The molecular weight excluding hydrogens is 260 g/mol. The minimum atomic E-state index is -1.33. The van der Waals surface area contributed by atoms with Gasteiger partial charge in [0.25, 0.3) is 0 Å². The van der Waals surface area contributed by atoms with Gasteiger partial charge in [0.15, 0.2) is 0 Å². The van der Waals surface area contributed by atoms with Crippen LogP contribution in [-0.2, 0) is 5.60 Å². The maximum absolute atomic E-state index is 13.4. The van der Waals surface area contributed by atoms with Gasteiger partial charge in [-0.05, 0) is 43.4 Å². The number of benzene rings is 1. The highest BCUT2D eigenvalue weighted by Gasteiger charge is 2.48. The van der Waals surface area contributed by atoms with Crippen LogP contribution in [-0.4, -0.2) is 11.7 Å². The summed E-state index contributed by atoms with van der Waals surface area (Å²) in [7, 11) is 0. The molecular formula is C16H23F2NO. The van der Waals surface area contributed by atoms with E-state index in [1.54, 1.807) is 6.92 Å². The molecule has 0 radical (unpaired) electrons. The average Bonchev–Trinajstić information content (AvgIpc) is 2.38. The van der Waals surface area contributed by atoms with Crippen LogP contribution in [0.4, 0.5) is 8.78 Å². The summed E-state index contributed by atoms with van der Waals surface area (Å²) in [5, 5.41) is 11.0. The molecule has 1 fully saturated rings. The van der Waals surface area contributed by atoms with Gasteiger partial charge in [0, 0.05) is 18.0 Å². The molecule has 20 heavy (non-hydrogen) atoms. The number of hydrogen-bond acceptors (Lipinski definition) is 2. The molecule has 1 unspecified atom stereocenters. The Balaban J connectivity index is 2.40. The molecule has 1 aliphatic carbocycles. The van der Waals surface area contributed by atoms with Crippen LogP contribution in [0.1, 0.15) is 45.1 Å². The molecule has 1 aromatic rings. The summed E-state index contributed by atoms with van der Waals surface area (Å²) in [5.41, 5.74) is 4.37. The van der Waals surface area contributed by atoms with Gasteiger partial charge in [-0.3, -0.25) is 0 Å². The van der Waals surface area contributed by atoms with Crippen molar-refractivity contribution >= 4 is 0 Å². The first-order valence-electron chi connectivity index (χ1n) is 7.20. The number of hydrogen-bond donors (Lipinski definition) is 2. The second-order valence-corrected chi connectivity index (χ2v) is 6.40. The van der Waals surface area contributed by atoms with Crippen LogP contribution in [0.25, 0.3) is 0 Å². The van der Waals surface area contributed by atoms with Crippen molar-refractivity contribution in [2.75, 3.05) is 6.54 Å². The van der Waals surface area contributed by atoms with Crippen LogP contribution in [0.15, 0.2) is 18.2 Å². The van der Waals surface area contributed by atoms with Gasteiger partial charge in [0.1, 0.15) is 11.6 Å². The summed E-state index contributed by atoms with van der Waals surface area (Å²) in [6, 6.07) is 3.23. The van der Waals surface area contributed by atoms with Gasteiger partial charge in [-0.15, -0.1) is 0 Å². The second kappa shape index (κ2) is 5.41. The Morgan fingerprint density at radius 2 is 1.75 bits per heavy atom. The lowest BCUT2D eigenvalue weighted by atomic mass is 9.60. The molecule has 0 heterocycles. The lowest BCUT2D eigenvalue weighted by Crippen LogP contribution is -2.50. The molecule has 0 aromatic heterocycles. The molecule has 1 aromatic carbocycles. The predicted octanol–water partition coefficient (Wildman–Crippen LogP) is 3.33. The Labute approximate surface area is 119 Å². The molecule has 3 N–H and O–H groups in total. The zero-order valence-electron chi connectivity index (χ0n) is 12.1. The van der Waals surface area contributed by atoms with E-state index in [4.69, 9.17) is 5.73 Å². The summed E-state index contributed by atoms with van der Waals surface area (Å²) in [6.45, 7) is 4.12. The fourth-order valence-corrected chi connectivity index (χ4v) is 3.35. The van der Waals surface area contributed by atoms with Crippen LogP contribution in [0, 0.1) is 23.0 Å². The maximum Gasteiger partial charge on any atom is 0.126 e. The van der Waals surface area contributed by atoms with Crippen molar-refractivity contribution < 1.29 is 13.9 Å². The third-order valence-corrected chi connectivity index (χ3v) is 5.08. The molecule has 2 rings (SSSR count). The minimum Gasteiger partial charge on any atom is -0.385 e. The molecule has 0 saturated heterocycles. The molecule has 1 aliphatic rings. The SMILES string of the molecule is CC1CCC(CN)(C(C)(O)c2cc(F)cc(F)c2)CC1. The van der Waals surface area contributed by atoms with Gasteiger partial charge in [-0.1, -0.05) is 19.8 Å². The largest absolute Gasteiger partial charge is 0.385 e. The summed E-state index contributed by atoms with van der Waals surface area (Å²) in [4.78, 5) is 0. The second-order valence-electron chi connectivity index (χ2n) is 6.40. The normalized spacial score (nSPS) is 30.0. The average molecular weight is 283 g/mol. The summed E-state index contributed by atoms with van der Waals surface area (Å²) in [6.07, 6.45) is 3.50. The monoisotopic (exact) mass is 283 g/mol. The smallest absolute Gasteiger partial charge is 0.126 e. The Bertz CT molecular complexity index is 459. The molecule has 1 atom stereocenters. The van der Waals surface area contributed by atoms with E-state index in [-0.39, 0.29) is 5.56 Å². The van der Waals surface area contributed by atoms with Gasteiger partial charge >= 0.3 is 0 Å². The number of halogens is 2. The van der Waals surface area contributed by atoms with Crippen molar-refractivity contribution in [1.29, 1.82) is 0 Å². The first-order chi connectivity index (χ1) is 9.30. The van der Waals surface area contributed by atoms with Crippen LogP contribution >= 0.6 is 0 Å². The first-order valence-corrected chi connectivity index (χ1v) is 7.20. The predicted molar refractivity (Wildman–Crippen MR) is 75.0 cm³/mol. The quantitative estimate of drug-likeness (QED) is 0.894. The molecule has 1 saturated carbocycles. The summed E-state index contributed by atoms with van der Waals surface area (Å²) >= 11 is 0. The van der Waals surface area contributed by atoms with Crippen molar-refractivity contribution in [3.63, 3.8) is 0 Å². The zero-order chi connectivity index (χ0) is 15.0. The van der Waals surface area contributed by atoms with E-state index < -0.39 is 22.7 Å². The van der Waals surface area contributed by atoms with Gasteiger partial charge in [-0.2, -0.15) is 0 Å². The van der Waals surface area contributed by atoms with Crippen molar-refractivity contribution in [1.82, 2.24) is 0 Å². The minimum absolute atomic E-state index is 0.273. The topological polar surface area (TPSA) is 46.2 Å². The van der Waals surface area contributed by atoms with Crippen LogP contribution < -0.4 is 5.73 Å². The summed E-state index contributed by atoms with van der Waals surface area (Å²) < 4.78 is 26.9.